The normalized spacial score (nSPS) is 31.4. The zero-order valence-electron chi connectivity index (χ0n) is 12.3. The molecule has 2 saturated heterocycles. The van der Waals surface area contributed by atoms with E-state index in [2.05, 4.69) is 4.90 Å². The molecule has 3 unspecified atom stereocenters. The second-order valence-corrected chi connectivity index (χ2v) is 8.43. The minimum absolute atomic E-state index is 0.0115. The number of carbonyl (C=O) groups is 1. The number of sulfone groups is 1. The Bertz CT molecular complexity index is 463. The van der Waals surface area contributed by atoms with E-state index in [0.29, 0.717) is 18.9 Å². The van der Waals surface area contributed by atoms with Crippen molar-refractivity contribution in [3.05, 3.63) is 0 Å². The highest BCUT2D eigenvalue weighted by Gasteiger charge is 2.34. The number of amides is 1. The first-order valence-electron chi connectivity index (χ1n) is 7.22. The number of hydrogen-bond donors (Lipinski definition) is 1. The highest BCUT2D eigenvalue weighted by molar-refractivity contribution is 7.91. The predicted molar refractivity (Wildman–Crippen MR) is 78.0 cm³/mol. The molecule has 2 rings (SSSR count). The fraction of sp³-hybridized carbons (Fsp3) is 0.923. The van der Waals surface area contributed by atoms with Crippen LogP contribution in [-0.2, 0) is 14.6 Å². The lowest BCUT2D eigenvalue weighted by Crippen LogP contribution is -2.43. The molecule has 2 N–H and O–H groups in total. The van der Waals surface area contributed by atoms with E-state index in [1.807, 2.05) is 6.92 Å². The molecule has 7 heteroatoms. The van der Waals surface area contributed by atoms with Crippen molar-refractivity contribution in [2.45, 2.75) is 31.8 Å². The van der Waals surface area contributed by atoms with E-state index in [1.54, 1.807) is 11.9 Å². The molecule has 0 spiro atoms. The molecule has 0 aliphatic carbocycles. The molecule has 2 fully saturated rings. The highest BCUT2D eigenvalue weighted by Crippen LogP contribution is 2.20. The Kier molecular flexibility index (Phi) is 4.71. The van der Waals surface area contributed by atoms with Crippen LogP contribution in [0.1, 0.15) is 19.8 Å². The van der Waals surface area contributed by atoms with E-state index in [1.165, 1.54) is 0 Å². The van der Waals surface area contributed by atoms with E-state index in [-0.39, 0.29) is 29.5 Å². The SMILES string of the molecule is CC(N)C1CCN(CC(=O)N(C)C2CCS(=O)(=O)C2)C1. The second kappa shape index (κ2) is 5.99. The van der Waals surface area contributed by atoms with Crippen LogP contribution < -0.4 is 5.73 Å². The number of hydrogen-bond acceptors (Lipinski definition) is 5. The summed E-state index contributed by atoms with van der Waals surface area (Å²) in [5.41, 5.74) is 5.89. The molecule has 6 nitrogen and oxygen atoms in total. The molecular weight excluding hydrogens is 278 g/mol. The third kappa shape index (κ3) is 3.71. The maximum absolute atomic E-state index is 12.2. The molecule has 0 bridgehead atoms. The summed E-state index contributed by atoms with van der Waals surface area (Å²) in [6, 6.07) is 0.00661. The standard InChI is InChI=1S/C13H25N3O3S/c1-10(14)11-3-5-16(7-11)8-13(17)15(2)12-4-6-20(18,19)9-12/h10-12H,3-9,14H2,1-2H3. The number of carbonyl (C=O) groups excluding carboxylic acids is 1. The van der Waals surface area contributed by atoms with Crippen molar-refractivity contribution >= 4 is 15.7 Å². The van der Waals surface area contributed by atoms with Crippen LogP contribution in [-0.4, -0.2) is 74.4 Å². The molecule has 116 valence electrons. The van der Waals surface area contributed by atoms with Crippen LogP contribution >= 0.6 is 0 Å². The van der Waals surface area contributed by atoms with Gasteiger partial charge in [-0.1, -0.05) is 0 Å². The fourth-order valence-electron chi connectivity index (χ4n) is 3.02. The Morgan fingerprint density at radius 2 is 2.15 bits per heavy atom. The zero-order valence-corrected chi connectivity index (χ0v) is 13.1. The molecule has 2 aliphatic rings. The van der Waals surface area contributed by atoms with Gasteiger partial charge in [0.25, 0.3) is 0 Å². The molecule has 0 radical (unpaired) electrons. The van der Waals surface area contributed by atoms with Gasteiger partial charge in [-0.15, -0.1) is 0 Å². The Labute approximate surface area is 121 Å². The van der Waals surface area contributed by atoms with Crippen LogP contribution in [0, 0.1) is 5.92 Å². The number of rotatable bonds is 4. The van der Waals surface area contributed by atoms with Gasteiger partial charge in [-0.3, -0.25) is 9.69 Å². The van der Waals surface area contributed by atoms with Gasteiger partial charge in [0.15, 0.2) is 9.84 Å². The van der Waals surface area contributed by atoms with Crippen molar-refractivity contribution in [1.29, 1.82) is 0 Å². The minimum Gasteiger partial charge on any atom is -0.341 e. The monoisotopic (exact) mass is 303 g/mol. The predicted octanol–water partition coefficient (Wildman–Crippen LogP) is -0.699. The Morgan fingerprint density at radius 3 is 2.65 bits per heavy atom. The summed E-state index contributed by atoms with van der Waals surface area (Å²) >= 11 is 0. The first kappa shape index (κ1) is 15.7. The molecule has 1 amide bonds. The molecule has 20 heavy (non-hydrogen) atoms. The smallest absolute Gasteiger partial charge is 0.236 e. The van der Waals surface area contributed by atoms with Crippen molar-refractivity contribution in [3.8, 4) is 0 Å². The average Bonchev–Trinajstić information content (AvgIpc) is 2.94. The number of likely N-dealkylation sites (N-methyl/N-ethyl adjacent to an activating group) is 1. The van der Waals surface area contributed by atoms with Crippen molar-refractivity contribution in [3.63, 3.8) is 0 Å². The Balaban J connectivity index is 1.83. The maximum atomic E-state index is 12.2. The van der Waals surface area contributed by atoms with Gasteiger partial charge in [-0.25, -0.2) is 8.42 Å². The minimum atomic E-state index is -2.95. The van der Waals surface area contributed by atoms with Crippen LogP contribution in [0.3, 0.4) is 0 Å². The van der Waals surface area contributed by atoms with E-state index in [0.717, 1.165) is 19.5 Å². The summed E-state index contributed by atoms with van der Waals surface area (Å²) in [4.78, 5) is 16.0. The van der Waals surface area contributed by atoms with Gasteiger partial charge in [-0.2, -0.15) is 0 Å². The topological polar surface area (TPSA) is 83.7 Å². The fourth-order valence-corrected chi connectivity index (χ4v) is 4.80. The Hall–Kier alpha value is -0.660. The Morgan fingerprint density at radius 1 is 1.45 bits per heavy atom. The van der Waals surface area contributed by atoms with Gasteiger partial charge < -0.3 is 10.6 Å². The summed E-state index contributed by atoms with van der Waals surface area (Å²) in [7, 11) is -1.23. The van der Waals surface area contributed by atoms with E-state index in [4.69, 9.17) is 5.73 Å². The van der Waals surface area contributed by atoms with Crippen molar-refractivity contribution in [1.82, 2.24) is 9.80 Å². The van der Waals surface area contributed by atoms with Crippen molar-refractivity contribution in [2.24, 2.45) is 11.7 Å². The van der Waals surface area contributed by atoms with Gasteiger partial charge >= 0.3 is 0 Å². The van der Waals surface area contributed by atoms with Crippen LogP contribution in [0.5, 0.6) is 0 Å². The quantitative estimate of drug-likeness (QED) is 0.742. The lowest BCUT2D eigenvalue weighted by molar-refractivity contribution is -0.132. The number of nitrogens with two attached hydrogens (primary N) is 1. The van der Waals surface area contributed by atoms with Crippen LogP contribution in [0.25, 0.3) is 0 Å². The summed E-state index contributed by atoms with van der Waals surface area (Å²) in [5, 5.41) is 0. The number of likely N-dealkylation sites (tertiary alicyclic amines) is 1. The lowest BCUT2D eigenvalue weighted by atomic mass is 10.0. The second-order valence-electron chi connectivity index (χ2n) is 6.20. The number of nitrogens with zero attached hydrogens (tertiary/aromatic N) is 2. The van der Waals surface area contributed by atoms with E-state index < -0.39 is 9.84 Å². The molecular formula is C13H25N3O3S. The summed E-state index contributed by atoms with van der Waals surface area (Å²) in [5.74, 6) is 0.779. The third-order valence-electron chi connectivity index (χ3n) is 4.56. The van der Waals surface area contributed by atoms with Gasteiger partial charge in [0, 0.05) is 25.7 Å². The first-order chi connectivity index (χ1) is 9.28. The maximum Gasteiger partial charge on any atom is 0.236 e. The molecule has 3 atom stereocenters. The summed E-state index contributed by atoms with van der Waals surface area (Å²) < 4.78 is 22.9. The molecule has 0 saturated carbocycles. The van der Waals surface area contributed by atoms with Gasteiger partial charge in [-0.05, 0) is 32.2 Å². The average molecular weight is 303 g/mol. The largest absolute Gasteiger partial charge is 0.341 e. The molecule has 0 aromatic carbocycles. The summed E-state index contributed by atoms with van der Waals surface area (Å²) in [6.45, 7) is 4.14. The van der Waals surface area contributed by atoms with Crippen LogP contribution in [0.4, 0.5) is 0 Å². The van der Waals surface area contributed by atoms with Gasteiger partial charge in [0.05, 0.1) is 18.1 Å². The molecule has 0 aromatic heterocycles. The van der Waals surface area contributed by atoms with Gasteiger partial charge in [0.2, 0.25) is 5.91 Å². The summed E-state index contributed by atoms with van der Waals surface area (Å²) in [6.07, 6.45) is 1.60. The lowest BCUT2D eigenvalue weighted by Gasteiger charge is -2.26. The van der Waals surface area contributed by atoms with E-state index in [9.17, 15) is 13.2 Å². The van der Waals surface area contributed by atoms with Crippen molar-refractivity contribution < 1.29 is 13.2 Å². The van der Waals surface area contributed by atoms with Crippen LogP contribution in [0.15, 0.2) is 0 Å². The van der Waals surface area contributed by atoms with Crippen molar-refractivity contribution in [2.75, 3.05) is 38.2 Å². The molecule has 2 heterocycles. The first-order valence-corrected chi connectivity index (χ1v) is 9.04. The third-order valence-corrected chi connectivity index (χ3v) is 6.31. The van der Waals surface area contributed by atoms with Gasteiger partial charge in [0.1, 0.15) is 0 Å². The van der Waals surface area contributed by atoms with E-state index >= 15 is 0 Å². The van der Waals surface area contributed by atoms with Crippen LogP contribution in [0.2, 0.25) is 0 Å². The highest BCUT2D eigenvalue weighted by atomic mass is 32.2. The molecule has 0 aromatic rings. The molecule has 2 aliphatic heterocycles. The zero-order chi connectivity index (χ0) is 14.9.